The number of aliphatic carboxylic acids is 1. The number of carboxylic acids is 1. The van der Waals surface area contributed by atoms with Crippen LogP contribution < -0.4 is 4.74 Å². The molecular weight excluding hydrogens is 382 g/mol. The van der Waals surface area contributed by atoms with E-state index in [4.69, 9.17) is 19.3 Å². The monoisotopic (exact) mass is 411 g/mol. The molecule has 6 nitrogen and oxygen atoms in total. The Hall–Kier alpha value is -2.70. The number of methoxy groups -OCH3 is 1. The van der Waals surface area contributed by atoms with E-state index in [2.05, 4.69) is 11.1 Å². The highest BCUT2D eigenvalue weighted by molar-refractivity contribution is 5.66. The minimum Gasteiger partial charge on any atom is -0.496 e. The zero-order chi connectivity index (χ0) is 21.2. The quantitative estimate of drug-likeness (QED) is 0.456. The van der Waals surface area contributed by atoms with Crippen LogP contribution >= 0.6 is 0 Å². The van der Waals surface area contributed by atoms with Gasteiger partial charge in [0, 0.05) is 36.7 Å². The number of nitrogens with zero attached hydrogens (tertiary/aromatic N) is 1. The van der Waals surface area contributed by atoms with Crippen LogP contribution in [0, 0.1) is 5.92 Å². The van der Waals surface area contributed by atoms with Gasteiger partial charge in [-0.15, -0.1) is 0 Å². The lowest BCUT2D eigenvalue weighted by molar-refractivity contribution is -0.238. The summed E-state index contributed by atoms with van der Waals surface area (Å²) in [6.45, 7) is 0.581. The third kappa shape index (κ3) is 6.40. The predicted octanol–water partition coefficient (Wildman–Crippen LogP) is 4.56. The Kier molecular flexibility index (Phi) is 8.41. The largest absolute Gasteiger partial charge is 0.496 e. The first-order valence-corrected chi connectivity index (χ1v) is 10.3. The molecule has 6 heteroatoms. The Balaban J connectivity index is 1.68. The summed E-state index contributed by atoms with van der Waals surface area (Å²) in [4.78, 5) is 14.7. The number of rotatable bonds is 10. The highest BCUT2D eigenvalue weighted by Gasteiger charge is 2.34. The maximum Gasteiger partial charge on any atom is 0.303 e. The van der Waals surface area contributed by atoms with Crippen LogP contribution in [0.1, 0.15) is 42.9 Å². The van der Waals surface area contributed by atoms with Gasteiger partial charge < -0.3 is 19.3 Å². The van der Waals surface area contributed by atoms with E-state index in [0.29, 0.717) is 19.4 Å². The number of hydrogen-bond acceptors (Lipinski definition) is 5. The van der Waals surface area contributed by atoms with Crippen molar-refractivity contribution in [2.75, 3.05) is 13.7 Å². The second kappa shape index (κ2) is 11.5. The summed E-state index contributed by atoms with van der Waals surface area (Å²) in [5.41, 5.74) is 2.14. The summed E-state index contributed by atoms with van der Waals surface area (Å²) < 4.78 is 18.0. The van der Waals surface area contributed by atoms with Crippen molar-refractivity contribution >= 4 is 5.97 Å². The van der Waals surface area contributed by atoms with E-state index in [-0.39, 0.29) is 24.7 Å². The maximum atomic E-state index is 10.6. The number of benzene rings is 1. The van der Waals surface area contributed by atoms with Crippen LogP contribution in [0.5, 0.6) is 5.75 Å². The number of hydrogen-bond donors (Lipinski definition) is 1. The molecule has 3 atom stereocenters. The van der Waals surface area contributed by atoms with E-state index in [9.17, 15) is 4.79 Å². The molecule has 2 heterocycles. The molecular formula is C24H29NO5. The number of aromatic nitrogens is 1. The van der Waals surface area contributed by atoms with Crippen molar-refractivity contribution in [3.8, 4) is 5.75 Å². The first-order chi connectivity index (χ1) is 14.7. The lowest BCUT2D eigenvalue weighted by atomic mass is 9.91. The molecule has 0 amide bonds. The van der Waals surface area contributed by atoms with Gasteiger partial charge in [-0.25, -0.2) is 0 Å². The van der Waals surface area contributed by atoms with Gasteiger partial charge in [-0.3, -0.25) is 9.78 Å². The molecule has 3 rings (SSSR count). The Bertz CT molecular complexity index is 823. The zero-order valence-electron chi connectivity index (χ0n) is 17.3. The van der Waals surface area contributed by atoms with Crippen LogP contribution in [0.25, 0.3) is 0 Å². The van der Waals surface area contributed by atoms with Crippen LogP contribution in [0.15, 0.2) is 60.9 Å². The lowest BCUT2D eigenvalue weighted by Gasteiger charge is -2.37. The molecule has 1 fully saturated rings. The van der Waals surface area contributed by atoms with Crippen molar-refractivity contribution < 1.29 is 24.1 Å². The van der Waals surface area contributed by atoms with Crippen molar-refractivity contribution in [2.45, 2.75) is 44.5 Å². The Morgan fingerprint density at radius 2 is 2.03 bits per heavy atom. The van der Waals surface area contributed by atoms with Crippen molar-refractivity contribution in [3.05, 3.63) is 72.1 Å². The van der Waals surface area contributed by atoms with Crippen molar-refractivity contribution in [1.29, 1.82) is 0 Å². The number of carboxylic acid groups (broad SMARTS) is 1. The minimum atomic E-state index is -0.756. The van der Waals surface area contributed by atoms with E-state index >= 15 is 0 Å². The fourth-order valence-corrected chi connectivity index (χ4v) is 3.63. The van der Waals surface area contributed by atoms with Crippen LogP contribution in [0.3, 0.4) is 0 Å². The van der Waals surface area contributed by atoms with Gasteiger partial charge in [0.25, 0.3) is 0 Å². The molecule has 1 aromatic carbocycles. The molecule has 1 N–H and O–H groups in total. The minimum absolute atomic E-state index is 0.144. The van der Waals surface area contributed by atoms with E-state index in [1.54, 1.807) is 19.5 Å². The number of carbonyl (C=O) groups is 1. The Morgan fingerprint density at radius 1 is 1.23 bits per heavy atom. The first kappa shape index (κ1) is 22.0. The summed E-state index contributed by atoms with van der Waals surface area (Å²) >= 11 is 0. The van der Waals surface area contributed by atoms with Gasteiger partial charge in [-0.2, -0.15) is 0 Å². The molecule has 1 saturated heterocycles. The molecule has 1 aromatic heterocycles. The van der Waals surface area contributed by atoms with Gasteiger partial charge in [0.2, 0.25) is 0 Å². The third-order valence-corrected chi connectivity index (χ3v) is 5.19. The van der Waals surface area contributed by atoms with E-state index < -0.39 is 5.97 Å². The highest BCUT2D eigenvalue weighted by atomic mass is 16.7. The summed E-state index contributed by atoms with van der Waals surface area (Å²) in [6, 6.07) is 11.9. The average Bonchev–Trinajstić information content (AvgIpc) is 2.77. The molecule has 3 unspecified atom stereocenters. The number of allylic oxidation sites excluding steroid dienone is 2. The zero-order valence-corrected chi connectivity index (χ0v) is 17.3. The first-order valence-electron chi connectivity index (χ1n) is 10.3. The molecule has 1 aliphatic rings. The summed E-state index contributed by atoms with van der Waals surface area (Å²) in [7, 11) is 1.67. The average molecular weight is 411 g/mol. The Labute approximate surface area is 177 Å². The van der Waals surface area contributed by atoms with E-state index in [0.717, 1.165) is 29.7 Å². The van der Waals surface area contributed by atoms with Gasteiger partial charge in [0.1, 0.15) is 5.75 Å². The second-order valence-corrected chi connectivity index (χ2v) is 7.37. The third-order valence-electron chi connectivity index (χ3n) is 5.19. The molecule has 0 bridgehead atoms. The number of unbranched alkanes of at least 4 members (excludes halogenated alkanes) is 1. The molecule has 0 radical (unpaired) electrons. The van der Waals surface area contributed by atoms with Gasteiger partial charge >= 0.3 is 5.97 Å². The number of ether oxygens (including phenoxy) is 3. The van der Waals surface area contributed by atoms with Gasteiger partial charge in [-0.05, 0) is 43.0 Å². The topological polar surface area (TPSA) is 77.9 Å². The molecule has 0 spiro atoms. The molecule has 0 aliphatic carbocycles. The fourth-order valence-electron chi connectivity index (χ4n) is 3.63. The predicted molar refractivity (Wildman–Crippen MR) is 113 cm³/mol. The maximum absolute atomic E-state index is 10.6. The number of pyridine rings is 1. The van der Waals surface area contributed by atoms with Crippen LogP contribution in [-0.4, -0.2) is 36.1 Å². The molecule has 1 aliphatic heterocycles. The standard InChI is InChI=1S/C24H29NO5/c1-28-21-10-7-6-9-20(21)24-19(8-4-2-3-5-11-22(26)27)17-29-23(30-24)16-18-12-14-25-15-13-18/h2,4,6-7,9-10,12-15,19,23-24H,3,5,8,11,16-17H2,1H3,(H,26,27)/b4-2-. The highest BCUT2D eigenvalue weighted by Crippen LogP contribution is 2.39. The van der Waals surface area contributed by atoms with Gasteiger partial charge in [0.15, 0.2) is 6.29 Å². The number of para-hydroxylation sites is 1. The van der Waals surface area contributed by atoms with Crippen LogP contribution in [0.4, 0.5) is 0 Å². The summed E-state index contributed by atoms with van der Waals surface area (Å²) in [5.74, 6) is 0.196. The fraction of sp³-hybridized carbons (Fsp3) is 0.417. The molecule has 160 valence electrons. The van der Waals surface area contributed by atoms with Crippen molar-refractivity contribution in [1.82, 2.24) is 4.98 Å². The van der Waals surface area contributed by atoms with Crippen molar-refractivity contribution in [3.63, 3.8) is 0 Å². The SMILES string of the molecule is COc1ccccc1C1OC(Cc2ccncc2)OCC1C/C=C\CCCC(=O)O. The van der Waals surface area contributed by atoms with Crippen molar-refractivity contribution in [2.24, 2.45) is 5.92 Å². The Morgan fingerprint density at radius 3 is 2.80 bits per heavy atom. The van der Waals surface area contributed by atoms with Crippen LogP contribution in [0.2, 0.25) is 0 Å². The molecule has 2 aromatic rings. The van der Waals surface area contributed by atoms with E-state index in [1.165, 1.54) is 0 Å². The molecule has 30 heavy (non-hydrogen) atoms. The van der Waals surface area contributed by atoms with Gasteiger partial charge in [-0.1, -0.05) is 30.4 Å². The molecule has 0 saturated carbocycles. The van der Waals surface area contributed by atoms with E-state index in [1.807, 2.05) is 42.5 Å². The second-order valence-electron chi connectivity index (χ2n) is 7.37. The summed E-state index contributed by atoms with van der Waals surface area (Å²) in [6.07, 6.45) is 10.3. The lowest BCUT2D eigenvalue weighted by Crippen LogP contribution is -2.36. The summed E-state index contributed by atoms with van der Waals surface area (Å²) in [5, 5.41) is 8.74. The normalized spacial score (nSPS) is 21.6. The van der Waals surface area contributed by atoms with Crippen LogP contribution in [-0.2, 0) is 20.7 Å². The van der Waals surface area contributed by atoms with Gasteiger partial charge in [0.05, 0.1) is 19.8 Å². The smallest absolute Gasteiger partial charge is 0.303 e.